The van der Waals surface area contributed by atoms with E-state index < -0.39 is 0 Å². The van der Waals surface area contributed by atoms with E-state index in [1.54, 1.807) is 24.5 Å². The summed E-state index contributed by atoms with van der Waals surface area (Å²) in [7, 11) is 0. The lowest BCUT2D eigenvalue weighted by atomic mass is 10.2. The molecule has 1 N–H and O–H groups in total. The Hall–Kier alpha value is -2.21. The third kappa shape index (κ3) is 3.64. The van der Waals surface area contributed by atoms with Gasteiger partial charge in [-0.1, -0.05) is 0 Å². The first-order valence-corrected chi connectivity index (χ1v) is 6.96. The minimum Gasteiger partial charge on any atom is -0.460 e. The van der Waals surface area contributed by atoms with Gasteiger partial charge in [0.2, 0.25) is 0 Å². The van der Waals surface area contributed by atoms with Crippen molar-refractivity contribution in [1.29, 1.82) is 0 Å². The highest BCUT2D eigenvalue weighted by Gasteiger charge is 2.11. The number of carbonyl (C=O) groups is 2. The van der Waals surface area contributed by atoms with Crippen molar-refractivity contribution in [2.75, 3.05) is 13.2 Å². The molecule has 0 unspecified atom stereocenters. The Morgan fingerprint density at radius 2 is 2.05 bits per heavy atom. The molecule has 20 heavy (non-hydrogen) atoms. The van der Waals surface area contributed by atoms with E-state index in [9.17, 15) is 9.59 Å². The molecule has 2 heterocycles. The standard InChI is InChI=1S/C14H14N2O3S/c1-10-4-9-20-12(10)14(18)19-8-7-16-13(17)11-2-5-15-6-3-11/h2-6,9H,7-8H2,1H3,(H,16,17). The van der Waals surface area contributed by atoms with E-state index in [0.717, 1.165) is 5.56 Å². The first kappa shape index (κ1) is 14.2. The van der Waals surface area contributed by atoms with Crippen LogP contribution in [0.5, 0.6) is 0 Å². The average molecular weight is 290 g/mol. The molecule has 2 rings (SSSR count). The molecule has 0 aliphatic rings. The van der Waals surface area contributed by atoms with Gasteiger partial charge in [0.1, 0.15) is 11.5 Å². The molecule has 2 aromatic rings. The fraction of sp³-hybridized carbons (Fsp3) is 0.214. The molecular formula is C14H14N2O3S. The number of ether oxygens (including phenoxy) is 1. The van der Waals surface area contributed by atoms with Crippen LogP contribution in [-0.2, 0) is 4.74 Å². The zero-order valence-corrected chi connectivity index (χ0v) is 11.8. The smallest absolute Gasteiger partial charge is 0.348 e. The molecule has 0 radical (unpaired) electrons. The molecule has 104 valence electrons. The van der Waals surface area contributed by atoms with Crippen LogP contribution in [0.25, 0.3) is 0 Å². The number of nitrogens with zero attached hydrogens (tertiary/aromatic N) is 1. The molecule has 0 saturated heterocycles. The van der Waals surface area contributed by atoms with Crippen molar-refractivity contribution >= 4 is 23.2 Å². The number of hydrogen-bond acceptors (Lipinski definition) is 5. The molecule has 0 atom stereocenters. The first-order chi connectivity index (χ1) is 9.68. The summed E-state index contributed by atoms with van der Waals surface area (Å²) in [5.41, 5.74) is 1.43. The van der Waals surface area contributed by atoms with Crippen molar-refractivity contribution in [3.8, 4) is 0 Å². The summed E-state index contributed by atoms with van der Waals surface area (Å²) in [5, 5.41) is 4.52. The number of aryl methyl sites for hydroxylation is 1. The van der Waals surface area contributed by atoms with Crippen LogP contribution in [0, 0.1) is 6.92 Å². The van der Waals surface area contributed by atoms with E-state index in [0.29, 0.717) is 10.4 Å². The lowest BCUT2D eigenvalue weighted by molar-refractivity contribution is 0.0508. The largest absolute Gasteiger partial charge is 0.460 e. The van der Waals surface area contributed by atoms with Crippen LogP contribution in [0.4, 0.5) is 0 Å². The maximum Gasteiger partial charge on any atom is 0.348 e. The van der Waals surface area contributed by atoms with Crippen LogP contribution in [0.15, 0.2) is 36.0 Å². The summed E-state index contributed by atoms with van der Waals surface area (Å²) in [6.45, 7) is 2.28. The van der Waals surface area contributed by atoms with Gasteiger partial charge in [-0.05, 0) is 36.1 Å². The van der Waals surface area contributed by atoms with Crippen LogP contribution in [-0.4, -0.2) is 30.0 Å². The number of pyridine rings is 1. The fourth-order valence-corrected chi connectivity index (χ4v) is 2.38. The van der Waals surface area contributed by atoms with E-state index in [-0.39, 0.29) is 25.0 Å². The molecular weight excluding hydrogens is 276 g/mol. The van der Waals surface area contributed by atoms with Gasteiger partial charge >= 0.3 is 5.97 Å². The van der Waals surface area contributed by atoms with Crippen LogP contribution >= 0.6 is 11.3 Å². The van der Waals surface area contributed by atoms with Crippen molar-refractivity contribution in [2.45, 2.75) is 6.92 Å². The monoisotopic (exact) mass is 290 g/mol. The van der Waals surface area contributed by atoms with Crippen molar-refractivity contribution in [1.82, 2.24) is 10.3 Å². The molecule has 0 saturated carbocycles. The van der Waals surface area contributed by atoms with Gasteiger partial charge in [-0.25, -0.2) is 4.79 Å². The number of carbonyl (C=O) groups excluding carboxylic acids is 2. The van der Waals surface area contributed by atoms with E-state index in [1.807, 2.05) is 18.4 Å². The second-order valence-corrected chi connectivity index (χ2v) is 4.98. The number of hydrogen-bond donors (Lipinski definition) is 1. The second-order valence-electron chi connectivity index (χ2n) is 4.06. The maximum absolute atomic E-state index is 11.7. The van der Waals surface area contributed by atoms with E-state index in [1.165, 1.54) is 11.3 Å². The van der Waals surface area contributed by atoms with Crippen LogP contribution in [0.3, 0.4) is 0 Å². The highest BCUT2D eigenvalue weighted by atomic mass is 32.1. The average Bonchev–Trinajstić information content (AvgIpc) is 2.90. The zero-order chi connectivity index (χ0) is 14.4. The fourth-order valence-electron chi connectivity index (χ4n) is 1.56. The number of amides is 1. The van der Waals surface area contributed by atoms with Gasteiger partial charge < -0.3 is 10.1 Å². The molecule has 6 heteroatoms. The highest BCUT2D eigenvalue weighted by molar-refractivity contribution is 7.12. The SMILES string of the molecule is Cc1ccsc1C(=O)OCCNC(=O)c1ccncc1. The summed E-state index contributed by atoms with van der Waals surface area (Å²) in [5.74, 6) is -0.564. The molecule has 0 fully saturated rings. The summed E-state index contributed by atoms with van der Waals surface area (Å²) >= 11 is 1.35. The van der Waals surface area contributed by atoms with E-state index >= 15 is 0 Å². The quantitative estimate of drug-likeness (QED) is 0.676. The van der Waals surface area contributed by atoms with Crippen molar-refractivity contribution in [3.05, 3.63) is 52.0 Å². The van der Waals surface area contributed by atoms with Crippen LogP contribution < -0.4 is 5.32 Å². The first-order valence-electron chi connectivity index (χ1n) is 6.08. The van der Waals surface area contributed by atoms with Crippen molar-refractivity contribution in [2.24, 2.45) is 0 Å². The Labute approximate surface area is 120 Å². The Morgan fingerprint density at radius 3 is 2.70 bits per heavy atom. The van der Waals surface area contributed by atoms with Gasteiger partial charge in [0.15, 0.2) is 0 Å². The lowest BCUT2D eigenvalue weighted by Gasteiger charge is -2.06. The molecule has 0 aliphatic heterocycles. The minimum absolute atomic E-state index is 0.146. The molecule has 2 aromatic heterocycles. The summed E-state index contributed by atoms with van der Waals surface area (Å²) in [4.78, 5) is 27.8. The number of rotatable bonds is 5. The minimum atomic E-state index is -0.351. The number of thiophene rings is 1. The Kier molecular flexibility index (Phi) is 4.84. The van der Waals surface area contributed by atoms with Gasteiger partial charge in [-0.15, -0.1) is 11.3 Å². The van der Waals surface area contributed by atoms with Crippen molar-refractivity contribution in [3.63, 3.8) is 0 Å². The highest BCUT2D eigenvalue weighted by Crippen LogP contribution is 2.16. The predicted molar refractivity (Wildman–Crippen MR) is 75.9 cm³/mol. The summed E-state index contributed by atoms with van der Waals surface area (Å²) < 4.78 is 5.10. The lowest BCUT2D eigenvalue weighted by Crippen LogP contribution is -2.28. The molecule has 0 aromatic carbocycles. The third-order valence-corrected chi connectivity index (χ3v) is 3.61. The van der Waals surface area contributed by atoms with Gasteiger partial charge in [0, 0.05) is 18.0 Å². The van der Waals surface area contributed by atoms with Gasteiger partial charge in [-0.2, -0.15) is 0 Å². The molecule has 0 aliphatic carbocycles. The van der Waals surface area contributed by atoms with E-state index in [4.69, 9.17) is 4.74 Å². The van der Waals surface area contributed by atoms with Crippen LogP contribution in [0.2, 0.25) is 0 Å². The van der Waals surface area contributed by atoms with Gasteiger partial charge in [-0.3, -0.25) is 9.78 Å². The number of aromatic nitrogens is 1. The summed E-state index contributed by atoms with van der Waals surface area (Å²) in [6.07, 6.45) is 3.10. The van der Waals surface area contributed by atoms with Crippen LogP contribution in [0.1, 0.15) is 25.6 Å². The Balaban J connectivity index is 1.73. The predicted octanol–water partition coefficient (Wildman–Crippen LogP) is 2.04. The van der Waals surface area contributed by atoms with Crippen molar-refractivity contribution < 1.29 is 14.3 Å². The Morgan fingerprint density at radius 1 is 1.30 bits per heavy atom. The van der Waals surface area contributed by atoms with Gasteiger partial charge in [0.05, 0.1) is 6.54 Å². The number of nitrogens with one attached hydrogen (secondary N) is 1. The normalized spacial score (nSPS) is 10.1. The zero-order valence-electron chi connectivity index (χ0n) is 11.0. The molecule has 0 spiro atoms. The number of esters is 1. The molecule has 0 bridgehead atoms. The molecule has 1 amide bonds. The van der Waals surface area contributed by atoms with E-state index in [2.05, 4.69) is 10.3 Å². The summed E-state index contributed by atoms with van der Waals surface area (Å²) in [6, 6.07) is 5.11. The van der Waals surface area contributed by atoms with Gasteiger partial charge in [0.25, 0.3) is 5.91 Å². The third-order valence-electron chi connectivity index (χ3n) is 2.61. The second kappa shape index (κ2) is 6.81. The Bertz CT molecular complexity index is 595. The maximum atomic E-state index is 11.7. The topological polar surface area (TPSA) is 68.3 Å². The molecule has 5 nitrogen and oxygen atoms in total.